The van der Waals surface area contributed by atoms with Crippen LogP contribution in [0.5, 0.6) is 0 Å². The van der Waals surface area contributed by atoms with Crippen LogP contribution in [-0.4, -0.2) is 25.3 Å². The quantitative estimate of drug-likeness (QED) is 0.754. The molecule has 88 valence electrons. The Bertz CT molecular complexity index is 223. The second-order valence-corrected chi connectivity index (χ2v) is 5.85. The van der Waals surface area contributed by atoms with Crippen molar-refractivity contribution < 1.29 is 4.74 Å². The maximum atomic E-state index is 5.48. The van der Waals surface area contributed by atoms with Crippen LogP contribution in [0.15, 0.2) is 0 Å². The summed E-state index contributed by atoms with van der Waals surface area (Å²) in [6, 6.07) is 1.42. The molecule has 0 aromatic heterocycles. The van der Waals surface area contributed by atoms with Gasteiger partial charge in [-0.25, -0.2) is 0 Å². The molecule has 3 unspecified atom stereocenters. The van der Waals surface area contributed by atoms with Gasteiger partial charge in [-0.05, 0) is 31.6 Å². The van der Waals surface area contributed by atoms with Gasteiger partial charge in [0.25, 0.3) is 0 Å². The van der Waals surface area contributed by atoms with Gasteiger partial charge in [0.1, 0.15) is 0 Å². The highest BCUT2D eigenvalue weighted by molar-refractivity contribution is 5.04. The highest BCUT2D eigenvalue weighted by Crippen LogP contribution is 2.44. The monoisotopic (exact) mass is 211 g/mol. The predicted octanol–water partition coefficient (Wildman–Crippen LogP) is 2.58. The first-order chi connectivity index (χ1) is 7.09. The summed E-state index contributed by atoms with van der Waals surface area (Å²) in [7, 11) is 1.83. The maximum Gasteiger partial charge on any atom is 0.0652 e. The summed E-state index contributed by atoms with van der Waals surface area (Å²) in [5, 5.41) is 3.84. The molecular formula is C13H25NO. The van der Waals surface area contributed by atoms with E-state index in [4.69, 9.17) is 4.74 Å². The molecule has 3 atom stereocenters. The van der Waals surface area contributed by atoms with Gasteiger partial charge in [-0.3, -0.25) is 0 Å². The molecule has 0 spiro atoms. The molecule has 0 aromatic carbocycles. The summed E-state index contributed by atoms with van der Waals surface area (Å²) in [6.07, 6.45) is 5.78. The van der Waals surface area contributed by atoms with Crippen LogP contribution in [0.2, 0.25) is 0 Å². The molecule has 0 heterocycles. The minimum atomic E-state index is 0.317. The van der Waals surface area contributed by atoms with E-state index in [1.54, 1.807) is 0 Å². The molecule has 1 N–H and O–H groups in total. The number of methoxy groups -OCH3 is 1. The number of ether oxygens (including phenoxy) is 1. The first-order valence-corrected chi connectivity index (χ1v) is 6.38. The molecule has 2 aliphatic rings. The molecule has 2 fully saturated rings. The Labute approximate surface area is 93.8 Å². The summed E-state index contributed by atoms with van der Waals surface area (Å²) < 4.78 is 5.48. The lowest BCUT2D eigenvalue weighted by atomic mass is 9.64. The Morgan fingerprint density at radius 3 is 2.47 bits per heavy atom. The molecule has 15 heavy (non-hydrogen) atoms. The number of hydrogen-bond donors (Lipinski definition) is 1. The van der Waals surface area contributed by atoms with E-state index in [0.29, 0.717) is 17.6 Å². The van der Waals surface area contributed by atoms with E-state index in [9.17, 15) is 0 Å². The topological polar surface area (TPSA) is 21.3 Å². The molecule has 2 aliphatic carbocycles. The van der Waals surface area contributed by atoms with Crippen LogP contribution < -0.4 is 5.32 Å². The van der Waals surface area contributed by atoms with E-state index in [1.807, 2.05) is 7.11 Å². The fourth-order valence-corrected chi connectivity index (χ4v) is 2.91. The Morgan fingerprint density at radius 2 is 2.07 bits per heavy atom. The third kappa shape index (κ3) is 2.07. The molecule has 0 bridgehead atoms. The van der Waals surface area contributed by atoms with Crippen LogP contribution >= 0.6 is 0 Å². The largest absolute Gasteiger partial charge is 0.381 e. The standard InChI is InChI=1S/C13H25NO/c1-5-10(9-6-7-9)14-11-8-12(15-4)13(11,2)3/h9-12,14H,5-8H2,1-4H3. The summed E-state index contributed by atoms with van der Waals surface area (Å²) in [4.78, 5) is 0. The Balaban J connectivity index is 1.85. The van der Waals surface area contributed by atoms with Crippen molar-refractivity contribution in [1.29, 1.82) is 0 Å². The Morgan fingerprint density at radius 1 is 1.40 bits per heavy atom. The van der Waals surface area contributed by atoms with Crippen LogP contribution in [0.25, 0.3) is 0 Å². The lowest BCUT2D eigenvalue weighted by molar-refractivity contribution is -0.101. The fraction of sp³-hybridized carbons (Fsp3) is 1.00. The highest BCUT2D eigenvalue weighted by Gasteiger charge is 2.49. The van der Waals surface area contributed by atoms with Gasteiger partial charge in [0, 0.05) is 24.6 Å². The minimum absolute atomic E-state index is 0.317. The molecule has 0 aromatic rings. The minimum Gasteiger partial charge on any atom is -0.381 e. The van der Waals surface area contributed by atoms with Crippen molar-refractivity contribution in [2.45, 2.75) is 64.6 Å². The highest BCUT2D eigenvalue weighted by atomic mass is 16.5. The van der Waals surface area contributed by atoms with Crippen LogP contribution in [0.4, 0.5) is 0 Å². The number of rotatable bonds is 5. The number of nitrogens with one attached hydrogen (secondary N) is 1. The van der Waals surface area contributed by atoms with Gasteiger partial charge < -0.3 is 10.1 Å². The summed E-state index contributed by atoms with van der Waals surface area (Å²) >= 11 is 0. The molecule has 0 aliphatic heterocycles. The van der Waals surface area contributed by atoms with Crippen molar-refractivity contribution in [2.75, 3.05) is 7.11 Å². The first-order valence-electron chi connectivity index (χ1n) is 6.38. The zero-order valence-electron chi connectivity index (χ0n) is 10.5. The van der Waals surface area contributed by atoms with Gasteiger partial charge in [-0.2, -0.15) is 0 Å². The number of hydrogen-bond acceptors (Lipinski definition) is 2. The Hall–Kier alpha value is -0.0800. The van der Waals surface area contributed by atoms with E-state index in [1.165, 1.54) is 25.7 Å². The van der Waals surface area contributed by atoms with E-state index < -0.39 is 0 Å². The second-order valence-electron chi connectivity index (χ2n) is 5.85. The van der Waals surface area contributed by atoms with Gasteiger partial charge in [0.05, 0.1) is 6.10 Å². The van der Waals surface area contributed by atoms with Gasteiger partial charge in [-0.15, -0.1) is 0 Å². The predicted molar refractivity (Wildman–Crippen MR) is 62.9 cm³/mol. The van der Waals surface area contributed by atoms with Crippen molar-refractivity contribution in [2.24, 2.45) is 11.3 Å². The molecule has 2 saturated carbocycles. The molecule has 2 rings (SSSR count). The fourth-order valence-electron chi connectivity index (χ4n) is 2.91. The molecule has 0 saturated heterocycles. The molecule has 0 radical (unpaired) electrons. The van der Waals surface area contributed by atoms with E-state index in [0.717, 1.165) is 12.0 Å². The van der Waals surface area contributed by atoms with Gasteiger partial charge in [-0.1, -0.05) is 20.8 Å². The van der Waals surface area contributed by atoms with Crippen LogP contribution in [0.3, 0.4) is 0 Å². The van der Waals surface area contributed by atoms with E-state index in [-0.39, 0.29) is 0 Å². The second kappa shape index (κ2) is 4.06. The molecule has 2 nitrogen and oxygen atoms in total. The summed E-state index contributed by atoms with van der Waals surface area (Å²) in [6.45, 7) is 6.94. The summed E-state index contributed by atoms with van der Waals surface area (Å²) in [5.41, 5.74) is 0.317. The van der Waals surface area contributed by atoms with Gasteiger partial charge in [0.15, 0.2) is 0 Å². The average Bonchev–Trinajstić information content (AvgIpc) is 3.01. The maximum absolute atomic E-state index is 5.48. The van der Waals surface area contributed by atoms with Crippen molar-refractivity contribution >= 4 is 0 Å². The Kier molecular flexibility index (Phi) is 3.09. The smallest absolute Gasteiger partial charge is 0.0652 e. The van der Waals surface area contributed by atoms with Crippen LogP contribution in [0.1, 0.15) is 46.5 Å². The molecule has 0 amide bonds. The van der Waals surface area contributed by atoms with Crippen LogP contribution in [0, 0.1) is 11.3 Å². The molecular weight excluding hydrogens is 186 g/mol. The lowest BCUT2D eigenvalue weighted by Crippen LogP contribution is -2.62. The normalized spacial score (nSPS) is 36.0. The zero-order chi connectivity index (χ0) is 11.1. The average molecular weight is 211 g/mol. The lowest BCUT2D eigenvalue weighted by Gasteiger charge is -2.52. The SMILES string of the molecule is CCC(NC1CC(OC)C1(C)C)C1CC1. The van der Waals surface area contributed by atoms with Crippen molar-refractivity contribution in [3.63, 3.8) is 0 Å². The van der Waals surface area contributed by atoms with Gasteiger partial charge in [0.2, 0.25) is 0 Å². The van der Waals surface area contributed by atoms with E-state index in [2.05, 4.69) is 26.1 Å². The van der Waals surface area contributed by atoms with E-state index >= 15 is 0 Å². The third-order valence-electron chi connectivity index (χ3n) is 4.51. The van der Waals surface area contributed by atoms with Gasteiger partial charge >= 0.3 is 0 Å². The molecule has 2 heteroatoms. The summed E-state index contributed by atoms with van der Waals surface area (Å²) in [5.74, 6) is 0.965. The first kappa shape index (κ1) is 11.4. The third-order valence-corrected chi connectivity index (χ3v) is 4.51. The van der Waals surface area contributed by atoms with Crippen molar-refractivity contribution in [3.8, 4) is 0 Å². The van der Waals surface area contributed by atoms with Crippen molar-refractivity contribution in [3.05, 3.63) is 0 Å². The zero-order valence-corrected chi connectivity index (χ0v) is 10.5. The van der Waals surface area contributed by atoms with Crippen molar-refractivity contribution in [1.82, 2.24) is 5.32 Å². The van der Waals surface area contributed by atoms with Crippen LogP contribution in [-0.2, 0) is 4.74 Å².